The maximum Gasteiger partial charge on any atom is 0.410 e. The van der Waals surface area contributed by atoms with Crippen LogP contribution in [0.5, 0.6) is 0 Å². The van der Waals surface area contributed by atoms with Crippen LogP contribution in [0.25, 0.3) is 11.1 Å². The van der Waals surface area contributed by atoms with E-state index in [1.807, 2.05) is 48.5 Å². The number of aryl methyl sites for hydroxylation is 1. The van der Waals surface area contributed by atoms with Gasteiger partial charge in [-0.15, -0.1) is 0 Å². The van der Waals surface area contributed by atoms with Crippen molar-refractivity contribution < 1.29 is 23.8 Å². The second-order valence-corrected chi connectivity index (χ2v) is 7.82. The highest BCUT2D eigenvalue weighted by atomic mass is 19.1. The molecule has 1 aromatic heterocycles. The van der Waals surface area contributed by atoms with E-state index in [9.17, 15) is 19.1 Å². The van der Waals surface area contributed by atoms with Gasteiger partial charge in [-0.25, -0.2) is 14.0 Å². The van der Waals surface area contributed by atoms with Crippen molar-refractivity contribution in [3.05, 3.63) is 89.5 Å². The van der Waals surface area contributed by atoms with Gasteiger partial charge in [-0.2, -0.15) is 0 Å². The number of ether oxygens (including phenoxy) is 1. The third kappa shape index (κ3) is 4.32. The summed E-state index contributed by atoms with van der Waals surface area (Å²) in [7, 11) is 1.40. The zero-order chi connectivity index (χ0) is 22.7. The molecule has 0 saturated heterocycles. The average Bonchev–Trinajstić information content (AvgIpc) is 3.11. The Bertz CT molecular complexity index is 1100. The predicted molar refractivity (Wildman–Crippen MR) is 117 cm³/mol. The number of pyridine rings is 1. The fourth-order valence-corrected chi connectivity index (χ4v) is 4.20. The van der Waals surface area contributed by atoms with Crippen LogP contribution in [0.3, 0.4) is 0 Å². The number of rotatable bonds is 7. The van der Waals surface area contributed by atoms with E-state index < -0.39 is 23.9 Å². The Morgan fingerprint density at radius 1 is 1.09 bits per heavy atom. The van der Waals surface area contributed by atoms with Crippen LogP contribution in [0, 0.1) is 5.82 Å². The lowest BCUT2D eigenvalue weighted by Crippen LogP contribution is -2.43. The summed E-state index contributed by atoms with van der Waals surface area (Å²) in [6, 6.07) is 16.2. The van der Waals surface area contributed by atoms with Gasteiger partial charge in [0.25, 0.3) is 0 Å². The fraction of sp³-hybridized carbons (Fsp3) is 0.240. The van der Waals surface area contributed by atoms with E-state index in [1.165, 1.54) is 19.3 Å². The van der Waals surface area contributed by atoms with Gasteiger partial charge in [0, 0.05) is 19.2 Å². The van der Waals surface area contributed by atoms with Crippen LogP contribution in [0.4, 0.5) is 9.18 Å². The minimum Gasteiger partial charge on any atom is -0.480 e. The molecule has 1 heterocycles. The highest BCUT2D eigenvalue weighted by Gasteiger charge is 2.31. The van der Waals surface area contributed by atoms with Crippen molar-refractivity contribution in [3.63, 3.8) is 0 Å². The number of aliphatic carboxylic acids is 1. The molecule has 3 aromatic rings. The summed E-state index contributed by atoms with van der Waals surface area (Å²) >= 11 is 0. The SMILES string of the molecule is CN(C(=O)OCC1c2ccccc2-c2ccccc21)C(CCc1cncc(F)c1)C(=O)O. The first-order valence-corrected chi connectivity index (χ1v) is 10.4. The third-order valence-corrected chi connectivity index (χ3v) is 5.84. The Morgan fingerprint density at radius 2 is 1.72 bits per heavy atom. The molecule has 2 aromatic carbocycles. The van der Waals surface area contributed by atoms with Crippen LogP contribution in [-0.4, -0.2) is 46.7 Å². The van der Waals surface area contributed by atoms with Gasteiger partial charge in [0.1, 0.15) is 18.5 Å². The number of aromatic nitrogens is 1. The number of carboxylic acid groups (broad SMARTS) is 1. The second kappa shape index (κ2) is 9.18. The van der Waals surface area contributed by atoms with Gasteiger partial charge in [0.2, 0.25) is 0 Å². The van der Waals surface area contributed by atoms with Crippen molar-refractivity contribution in [2.75, 3.05) is 13.7 Å². The van der Waals surface area contributed by atoms with Gasteiger partial charge >= 0.3 is 12.1 Å². The van der Waals surface area contributed by atoms with Crippen molar-refractivity contribution >= 4 is 12.1 Å². The molecule has 4 rings (SSSR count). The Balaban J connectivity index is 1.43. The van der Waals surface area contributed by atoms with Crippen LogP contribution in [0.15, 0.2) is 67.0 Å². The number of halogens is 1. The van der Waals surface area contributed by atoms with Crippen LogP contribution < -0.4 is 0 Å². The largest absolute Gasteiger partial charge is 0.480 e. The molecule has 1 atom stereocenters. The van der Waals surface area contributed by atoms with Crippen LogP contribution in [0.2, 0.25) is 0 Å². The Hall–Kier alpha value is -3.74. The molecule has 6 nitrogen and oxygen atoms in total. The van der Waals surface area contributed by atoms with Gasteiger partial charge in [0.05, 0.1) is 6.20 Å². The average molecular weight is 434 g/mol. The van der Waals surface area contributed by atoms with Crippen LogP contribution in [-0.2, 0) is 16.0 Å². The molecule has 32 heavy (non-hydrogen) atoms. The Labute approximate surface area is 185 Å². The zero-order valence-corrected chi connectivity index (χ0v) is 17.6. The summed E-state index contributed by atoms with van der Waals surface area (Å²) in [5.74, 6) is -1.74. The molecule has 0 fully saturated rings. The minimum atomic E-state index is -1.15. The first-order chi connectivity index (χ1) is 15.5. The van der Waals surface area contributed by atoms with E-state index in [-0.39, 0.29) is 25.4 Å². The standard InChI is InChI=1S/C25H23FN2O4/c1-28(23(24(29)30)11-10-16-12-17(26)14-27-13-16)25(31)32-15-22-20-8-4-2-6-18(20)19-7-3-5-9-21(19)22/h2-9,12-14,22-23H,10-11,15H2,1H3,(H,29,30). The molecule has 0 aliphatic heterocycles. The molecular formula is C25H23FN2O4. The molecular weight excluding hydrogens is 411 g/mol. The van der Waals surface area contributed by atoms with Crippen molar-refractivity contribution in [2.45, 2.75) is 24.8 Å². The minimum absolute atomic E-state index is 0.108. The third-order valence-electron chi connectivity index (χ3n) is 5.84. The van der Waals surface area contributed by atoms with Crippen molar-refractivity contribution in [1.29, 1.82) is 0 Å². The van der Waals surface area contributed by atoms with E-state index in [1.54, 1.807) is 0 Å². The highest BCUT2D eigenvalue weighted by molar-refractivity contribution is 5.81. The Kier molecular flexibility index (Phi) is 6.16. The highest BCUT2D eigenvalue weighted by Crippen LogP contribution is 2.44. The molecule has 0 bridgehead atoms. The molecule has 1 N–H and O–H groups in total. The first kappa shape index (κ1) is 21.5. The second-order valence-electron chi connectivity index (χ2n) is 7.82. The van der Waals surface area contributed by atoms with Crippen molar-refractivity contribution in [2.24, 2.45) is 0 Å². The number of likely N-dealkylation sites (N-methyl/N-ethyl adjacent to an activating group) is 1. The van der Waals surface area contributed by atoms with E-state index in [4.69, 9.17) is 4.74 Å². The summed E-state index contributed by atoms with van der Waals surface area (Å²) in [6.45, 7) is 0.108. The number of carbonyl (C=O) groups excluding carboxylic acids is 1. The quantitative estimate of drug-likeness (QED) is 0.593. The maximum atomic E-state index is 13.3. The Morgan fingerprint density at radius 3 is 2.31 bits per heavy atom. The lowest BCUT2D eigenvalue weighted by atomic mass is 9.98. The summed E-state index contributed by atoms with van der Waals surface area (Å²) in [6.07, 6.45) is 2.23. The molecule has 0 radical (unpaired) electrons. The van der Waals surface area contributed by atoms with Gasteiger partial charge in [-0.05, 0) is 46.7 Å². The van der Waals surface area contributed by atoms with Crippen molar-refractivity contribution in [3.8, 4) is 11.1 Å². The number of fused-ring (bicyclic) bond motifs is 3. The monoisotopic (exact) mass is 434 g/mol. The fourth-order valence-electron chi connectivity index (χ4n) is 4.20. The number of nitrogens with zero attached hydrogens (tertiary/aromatic N) is 2. The molecule has 0 spiro atoms. The van der Waals surface area contributed by atoms with Crippen molar-refractivity contribution in [1.82, 2.24) is 9.88 Å². The van der Waals surface area contributed by atoms with E-state index >= 15 is 0 Å². The van der Waals surface area contributed by atoms with Gasteiger partial charge in [-0.1, -0.05) is 48.5 Å². The zero-order valence-electron chi connectivity index (χ0n) is 17.6. The van der Waals surface area contributed by atoms with E-state index in [0.29, 0.717) is 5.56 Å². The normalized spacial score (nSPS) is 13.2. The summed E-state index contributed by atoms with van der Waals surface area (Å²) in [5.41, 5.74) is 4.96. The van der Waals surface area contributed by atoms with Gasteiger partial charge in [0.15, 0.2) is 0 Å². The molecule has 1 amide bonds. The molecule has 0 saturated carbocycles. The van der Waals surface area contributed by atoms with Gasteiger partial charge in [-0.3, -0.25) is 9.88 Å². The molecule has 164 valence electrons. The summed E-state index contributed by atoms with van der Waals surface area (Å²) in [5, 5.41) is 9.63. The smallest absolute Gasteiger partial charge is 0.410 e. The maximum absolute atomic E-state index is 13.3. The lowest BCUT2D eigenvalue weighted by molar-refractivity contribution is -0.142. The number of carbonyl (C=O) groups is 2. The van der Waals surface area contributed by atoms with Crippen LogP contribution >= 0.6 is 0 Å². The number of hydrogen-bond donors (Lipinski definition) is 1. The molecule has 7 heteroatoms. The van der Waals surface area contributed by atoms with Gasteiger partial charge < -0.3 is 9.84 Å². The predicted octanol–water partition coefficient (Wildman–Crippen LogP) is 4.49. The number of amides is 1. The van der Waals surface area contributed by atoms with E-state index in [2.05, 4.69) is 4.98 Å². The molecule has 1 aliphatic carbocycles. The number of hydrogen-bond acceptors (Lipinski definition) is 4. The summed E-state index contributed by atoms with van der Waals surface area (Å²) < 4.78 is 18.9. The molecule has 1 unspecified atom stereocenters. The number of benzene rings is 2. The lowest BCUT2D eigenvalue weighted by Gasteiger charge is -2.25. The molecule has 1 aliphatic rings. The number of carboxylic acids is 1. The topological polar surface area (TPSA) is 79.7 Å². The summed E-state index contributed by atoms with van der Waals surface area (Å²) in [4.78, 5) is 29.3. The van der Waals surface area contributed by atoms with Crippen LogP contribution in [0.1, 0.15) is 29.0 Å². The first-order valence-electron chi connectivity index (χ1n) is 10.4. The van der Waals surface area contributed by atoms with E-state index in [0.717, 1.165) is 33.4 Å².